The summed E-state index contributed by atoms with van der Waals surface area (Å²) in [5.74, 6) is 1.91. The van der Waals surface area contributed by atoms with Gasteiger partial charge in [-0.3, -0.25) is 0 Å². The summed E-state index contributed by atoms with van der Waals surface area (Å²) in [5, 5.41) is 13.2. The molecule has 1 atom stereocenters. The van der Waals surface area contributed by atoms with Gasteiger partial charge in [0, 0.05) is 5.92 Å². The Morgan fingerprint density at radius 1 is 1.62 bits per heavy atom. The first kappa shape index (κ1) is 8.69. The third-order valence-corrected chi connectivity index (χ3v) is 2.31. The van der Waals surface area contributed by atoms with Crippen molar-refractivity contribution in [3.63, 3.8) is 0 Å². The van der Waals surface area contributed by atoms with Crippen LogP contribution in [0.15, 0.2) is 4.52 Å². The molecule has 0 amide bonds. The SMILES string of the molecule is CCC(O)Cc1nc(C2CC2)no1. The minimum absolute atomic E-state index is 0.354. The quantitative estimate of drug-likeness (QED) is 0.761. The van der Waals surface area contributed by atoms with E-state index >= 15 is 0 Å². The third kappa shape index (κ3) is 2.06. The first-order valence-electron chi connectivity index (χ1n) is 4.80. The van der Waals surface area contributed by atoms with Gasteiger partial charge in [0.2, 0.25) is 5.89 Å². The van der Waals surface area contributed by atoms with Gasteiger partial charge in [0.1, 0.15) is 0 Å². The topological polar surface area (TPSA) is 59.2 Å². The molecule has 0 radical (unpaired) electrons. The largest absolute Gasteiger partial charge is 0.393 e. The van der Waals surface area contributed by atoms with Crippen molar-refractivity contribution in [2.75, 3.05) is 0 Å². The summed E-state index contributed by atoms with van der Waals surface area (Å²) in [5.41, 5.74) is 0. The highest BCUT2D eigenvalue weighted by Crippen LogP contribution is 2.38. The number of aliphatic hydroxyl groups excluding tert-OH is 1. The maximum atomic E-state index is 9.35. The second-order valence-corrected chi connectivity index (χ2v) is 3.59. The van der Waals surface area contributed by atoms with Crippen molar-refractivity contribution in [3.8, 4) is 0 Å². The van der Waals surface area contributed by atoms with Crippen LogP contribution in [-0.2, 0) is 6.42 Å². The van der Waals surface area contributed by atoms with Crippen LogP contribution in [0.25, 0.3) is 0 Å². The molecule has 1 aliphatic rings. The fourth-order valence-corrected chi connectivity index (χ4v) is 1.20. The van der Waals surface area contributed by atoms with Gasteiger partial charge in [-0.1, -0.05) is 12.1 Å². The zero-order valence-corrected chi connectivity index (χ0v) is 7.73. The predicted molar refractivity (Wildman–Crippen MR) is 46.3 cm³/mol. The molecule has 1 fully saturated rings. The van der Waals surface area contributed by atoms with Gasteiger partial charge in [-0.25, -0.2) is 0 Å². The molecule has 2 rings (SSSR count). The van der Waals surface area contributed by atoms with Gasteiger partial charge in [0.05, 0.1) is 12.5 Å². The fourth-order valence-electron chi connectivity index (χ4n) is 1.20. The van der Waals surface area contributed by atoms with Gasteiger partial charge >= 0.3 is 0 Å². The summed E-state index contributed by atoms with van der Waals surface area (Å²) >= 11 is 0. The lowest BCUT2D eigenvalue weighted by atomic mass is 10.2. The molecule has 0 saturated heterocycles. The molecule has 0 spiro atoms. The molecule has 1 N–H and O–H groups in total. The van der Waals surface area contributed by atoms with Crippen LogP contribution in [-0.4, -0.2) is 21.4 Å². The van der Waals surface area contributed by atoms with E-state index in [-0.39, 0.29) is 6.10 Å². The van der Waals surface area contributed by atoms with Crippen molar-refractivity contribution in [2.24, 2.45) is 0 Å². The summed E-state index contributed by atoms with van der Waals surface area (Å²) in [7, 11) is 0. The zero-order valence-electron chi connectivity index (χ0n) is 7.73. The molecule has 0 aliphatic heterocycles. The monoisotopic (exact) mass is 182 g/mol. The molecule has 1 aromatic heterocycles. The third-order valence-electron chi connectivity index (χ3n) is 2.31. The normalized spacial score (nSPS) is 18.9. The van der Waals surface area contributed by atoms with E-state index in [4.69, 9.17) is 4.52 Å². The summed E-state index contributed by atoms with van der Waals surface area (Å²) in [6.45, 7) is 1.93. The molecular weight excluding hydrogens is 168 g/mol. The van der Waals surface area contributed by atoms with Crippen LogP contribution in [0.1, 0.15) is 43.8 Å². The van der Waals surface area contributed by atoms with E-state index in [2.05, 4.69) is 10.1 Å². The second-order valence-electron chi connectivity index (χ2n) is 3.59. The van der Waals surface area contributed by atoms with Gasteiger partial charge in [-0.2, -0.15) is 4.98 Å². The maximum absolute atomic E-state index is 9.35. The van der Waals surface area contributed by atoms with Crippen molar-refractivity contribution in [1.82, 2.24) is 10.1 Å². The van der Waals surface area contributed by atoms with Crippen molar-refractivity contribution >= 4 is 0 Å². The van der Waals surface area contributed by atoms with Crippen molar-refractivity contribution in [3.05, 3.63) is 11.7 Å². The summed E-state index contributed by atoms with van der Waals surface area (Å²) < 4.78 is 5.02. The van der Waals surface area contributed by atoms with Crippen molar-refractivity contribution in [1.29, 1.82) is 0 Å². The van der Waals surface area contributed by atoms with Crippen molar-refractivity contribution in [2.45, 2.75) is 44.6 Å². The fraction of sp³-hybridized carbons (Fsp3) is 0.778. The second kappa shape index (κ2) is 3.46. The Morgan fingerprint density at radius 3 is 3.00 bits per heavy atom. The molecule has 1 aromatic rings. The van der Waals surface area contributed by atoms with Crippen LogP contribution in [0.2, 0.25) is 0 Å². The Morgan fingerprint density at radius 2 is 2.38 bits per heavy atom. The highest BCUT2D eigenvalue weighted by atomic mass is 16.5. The van der Waals surface area contributed by atoms with Crippen LogP contribution in [0.4, 0.5) is 0 Å². The summed E-state index contributed by atoms with van der Waals surface area (Å²) in [6, 6.07) is 0. The highest BCUT2D eigenvalue weighted by Gasteiger charge is 2.28. The molecule has 13 heavy (non-hydrogen) atoms. The number of rotatable bonds is 4. The van der Waals surface area contributed by atoms with Gasteiger partial charge in [0.25, 0.3) is 0 Å². The first-order chi connectivity index (χ1) is 6.29. The number of aromatic nitrogens is 2. The molecule has 4 nitrogen and oxygen atoms in total. The lowest BCUT2D eigenvalue weighted by molar-refractivity contribution is 0.158. The first-order valence-corrected chi connectivity index (χ1v) is 4.80. The van der Waals surface area contributed by atoms with Gasteiger partial charge in [-0.15, -0.1) is 0 Å². The average molecular weight is 182 g/mol. The van der Waals surface area contributed by atoms with Crippen molar-refractivity contribution < 1.29 is 9.63 Å². The smallest absolute Gasteiger partial charge is 0.229 e. The van der Waals surface area contributed by atoms with E-state index < -0.39 is 0 Å². The van der Waals surface area contributed by atoms with Crippen LogP contribution < -0.4 is 0 Å². The molecule has 4 heteroatoms. The molecular formula is C9H14N2O2. The standard InChI is InChI=1S/C9H14N2O2/c1-2-7(12)5-8-10-9(11-13-8)6-3-4-6/h6-7,12H,2-5H2,1H3. The number of hydrogen-bond donors (Lipinski definition) is 1. The van der Waals surface area contributed by atoms with E-state index in [0.29, 0.717) is 18.2 Å². The Labute approximate surface area is 77.0 Å². The Balaban J connectivity index is 1.96. The van der Waals surface area contributed by atoms with E-state index in [1.807, 2.05) is 6.92 Å². The van der Waals surface area contributed by atoms with Crippen LogP contribution >= 0.6 is 0 Å². The minimum Gasteiger partial charge on any atom is -0.393 e. The predicted octanol–water partition coefficient (Wildman–Crippen LogP) is 1.26. The molecule has 1 saturated carbocycles. The van der Waals surface area contributed by atoms with Crippen LogP contribution in [0, 0.1) is 0 Å². The van der Waals surface area contributed by atoms with E-state index in [9.17, 15) is 5.11 Å². The lowest BCUT2D eigenvalue weighted by Gasteiger charge is -2.01. The molecule has 1 unspecified atom stereocenters. The number of nitrogens with zero attached hydrogens (tertiary/aromatic N) is 2. The number of hydrogen-bond acceptors (Lipinski definition) is 4. The average Bonchev–Trinajstić information content (AvgIpc) is 2.88. The lowest BCUT2D eigenvalue weighted by Crippen LogP contribution is -2.08. The zero-order chi connectivity index (χ0) is 9.26. The van der Waals surface area contributed by atoms with E-state index in [0.717, 1.165) is 12.2 Å². The van der Waals surface area contributed by atoms with Crippen LogP contribution in [0.5, 0.6) is 0 Å². The summed E-state index contributed by atoms with van der Waals surface area (Å²) in [6.07, 6.45) is 3.20. The van der Waals surface area contributed by atoms with Gasteiger partial charge in [-0.05, 0) is 19.3 Å². The Kier molecular flexibility index (Phi) is 2.31. The molecule has 0 bridgehead atoms. The molecule has 1 heterocycles. The Hall–Kier alpha value is -0.900. The van der Waals surface area contributed by atoms with Gasteiger partial charge < -0.3 is 9.63 Å². The molecule has 0 aromatic carbocycles. The van der Waals surface area contributed by atoms with E-state index in [1.165, 1.54) is 12.8 Å². The minimum atomic E-state index is -0.354. The molecule has 1 aliphatic carbocycles. The van der Waals surface area contributed by atoms with Gasteiger partial charge in [0.15, 0.2) is 5.82 Å². The van der Waals surface area contributed by atoms with E-state index in [1.54, 1.807) is 0 Å². The molecule has 72 valence electrons. The summed E-state index contributed by atoms with van der Waals surface area (Å²) in [4.78, 5) is 4.22. The maximum Gasteiger partial charge on any atom is 0.229 e. The van der Waals surface area contributed by atoms with Crippen LogP contribution in [0.3, 0.4) is 0 Å². The number of aliphatic hydroxyl groups is 1. The Bertz CT molecular complexity index is 281. The highest BCUT2D eigenvalue weighted by molar-refractivity contribution is 5.03.